The highest BCUT2D eigenvalue weighted by atomic mass is 32.1. The molecule has 7 heteroatoms. The molecule has 0 unspecified atom stereocenters. The number of hydrogen-bond donors (Lipinski definition) is 3. The van der Waals surface area contributed by atoms with Crippen LogP contribution in [0.3, 0.4) is 0 Å². The Labute approximate surface area is 109 Å². The molecule has 1 aromatic heterocycles. The van der Waals surface area contributed by atoms with Gasteiger partial charge in [-0.2, -0.15) is 0 Å². The third-order valence-electron chi connectivity index (χ3n) is 2.34. The number of hydrogen-bond acceptors (Lipinski definition) is 4. The summed E-state index contributed by atoms with van der Waals surface area (Å²) in [6, 6.07) is -1.30. The van der Waals surface area contributed by atoms with Crippen LogP contribution in [0.5, 0.6) is 0 Å². The number of thiazole rings is 1. The minimum atomic E-state index is -1.03. The second kappa shape index (κ2) is 6.95. The summed E-state index contributed by atoms with van der Waals surface area (Å²) in [5, 5.41) is 16.7. The van der Waals surface area contributed by atoms with Crippen LogP contribution in [-0.4, -0.2) is 34.7 Å². The number of nitrogens with zero attached hydrogens (tertiary/aromatic N) is 1. The first-order valence-electron chi connectivity index (χ1n) is 5.71. The highest BCUT2D eigenvalue weighted by molar-refractivity contribution is 7.09. The van der Waals surface area contributed by atoms with Gasteiger partial charge in [0.15, 0.2) is 0 Å². The van der Waals surface area contributed by atoms with Gasteiger partial charge in [-0.05, 0) is 13.3 Å². The number of aryl methyl sites for hydroxylation is 1. The predicted molar refractivity (Wildman–Crippen MR) is 68.8 cm³/mol. The van der Waals surface area contributed by atoms with E-state index in [4.69, 9.17) is 5.11 Å². The molecular weight excluding hydrogens is 254 g/mol. The molecule has 0 fully saturated rings. The number of carbonyl (C=O) groups excluding carboxylic acids is 1. The summed E-state index contributed by atoms with van der Waals surface area (Å²) in [4.78, 5) is 26.4. The minimum absolute atomic E-state index is 0.355. The second-order valence-corrected chi connectivity index (χ2v) is 4.87. The van der Waals surface area contributed by atoms with Gasteiger partial charge in [0, 0.05) is 18.3 Å². The molecule has 0 aromatic carbocycles. The SMILES string of the molecule is CC[C@H](NC(=O)NCCc1csc(C)n1)C(=O)O. The Morgan fingerprint density at radius 2 is 2.28 bits per heavy atom. The molecular formula is C11H17N3O3S. The molecule has 1 atom stereocenters. The standard InChI is InChI=1S/C11H17N3O3S/c1-3-9(10(15)16)14-11(17)12-5-4-8-6-18-7(2)13-8/h6,9H,3-5H2,1-2H3,(H,15,16)(H2,12,14,17)/t9-/m0/s1. The number of carboxylic acid groups (broad SMARTS) is 1. The maximum atomic E-state index is 11.4. The van der Waals surface area contributed by atoms with E-state index in [1.54, 1.807) is 18.3 Å². The van der Waals surface area contributed by atoms with Gasteiger partial charge in [0.1, 0.15) is 6.04 Å². The van der Waals surface area contributed by atoms with E-state index in [1.165, 1.54) is 0 Å². The largest absolute Gasteiger partial charge is 0.480 e. The van der Waals surface area contributed by atoms with E-state index >= 15 is 0 Å². The van der Waals surface area contributed by atoms with E-state index in [-0.39, 0.29) is 0 Å². The van der Waals surface area contributed by atoms with Crippen molar-refractivity contribution >= 4 is 23.3 Å². The monoisotopic (exact) mass is 271 g/mol. The molecule has 1 rings (SSSR count). The van der Waals surface area contributed by atoms with E-state index < -0.39 is 18.0 Å². The van der Waals surface area contributed by atoms with Crippen molar-refractivity contribution in [2.24, 2.45) is 0 Å². The third kappa shape index (κ3) is 4.70. The zero-order valence-electron chi connectivity index (χ0n) is 10.4. The van der Waals surface area contributed by atoms with Crippen molar-refractivity contribution in [3.8, 4) is 0 Å². The summed E-state index contributed by atoms with van der Waals surface area (Å²) in [6.07, 6.45) is 0.996. The molecule has 0 saturated heterocycles. The molecule has 0 aliphatic carbocycles. The summed E-state index contributed by atoms with van der Waals surface area (Å²) in [6.45, 7) is 4.06. The highest BCUT2D eigenvalue weighted by Crippen LogP contribution is 2.07. The summed E-state index contributed by atoms with van der Waals surface area (Å²) in [5.41, 5.74) is 0.933. The first-order valence-corrected chi connectivity index (χ1v) is 6.59. The molecule has 100 valence electrons. The number of nitrogens with one attached hydrogen (secondary N) is 2. The Morgan fingerprint density at radius 1 is 1.56 bits per heavy atom. The predicted octanol–water partition coefficient (Wildman–Crippen LogP) is 1.16. The number of aliphatic carboxylic acids is 1. The fraction of sp³-hybridized carbons (Fsp3) is 0.545. The number of rotatable bonds is 6. The smallest absolute Gasteiger partial charge is 0.326 e. The summed E-state index contributed by atoms with van der Waals surface area (Å²) < 4.78 is 0. The molecule has 0 spiro atoms. The van der Waals surface area contributed by atoms with Crippen molar-refractivity contribution in [3.05, 3.63) is 16.1 Å². The van der Waals surface area contributed by atoms with Crippen LogP contribution in [0, 0.1) is 6.92 Å². The van der Waals surface area contributed by atoms with Crippen molar-refractivity contribution in [2.75, 3.05) is 6.54 Å². The van der Waals surface area contributed by atoms with Gasteiger partial charge in [-0.25, -0.2) is 14.6 Å². The zero-order valence-corrected chi connectivity index (χ0v) is 11.2. The van der Waals surface area contributed by atoms with Crippen molar-refractivity contribution in [2.45, 2.75) is 32.7 Å². The molecule has 1 heterocycles. The van der Waals surface area contributed by atoms with Crippen LogP contribution >= 0.6 is 11.3 Å². The highest BCUT2D eigenvalue weighted by Gasteiger charge is 2.16. The van der Waals surface area contributed by atoms with E-state index in [0.717, 1.165) is 10.7 Å². The molecule has 6 nitrogen and oxygen atoms in total. The quantitative estimate of drug-likeness (QED) is 0.724. The van der Waals surface area contributed by atoms with Gasteiger partial charge in [0.25, 0.3) is 0 Å². The summed E-state index contributed by atoms with van der Waals surface area (Å²) >= 11 is 1.56. The van der Waals surface area contributed by atoms with Crippen molar-refractivity contribution in [3.63, 3.8) is 0 Å². The van der Waals surface area contributed by atoms with Crippen LogP contribution in [-0.2, 0) is 11.2 Å². The van der Waals surface area contributed by atoms with Crippen LogP contribution in [0.1, 0.15) is 24.0 Å². The Hall–Kier alpha value is -1.63. The van der Waals surface area contributed by atoms with E-state index in [0.29, 0.717) is 19.4 Å². The first-order chi connectivity index (χ1) is 8.52. The Bertz CT molecular complexity index is 419. The molecule has 2 amide bonds. The second-order valence-electron chi connectivity index (χ2n) is 3.81. The van der Waals surface area contributed by atoms with E-state index in [2.05, 4.69) is 15.6 Å². The lowest BCUT2D eigenvalue weighted by atomic mass is 10.2. The maximum Gasteiger partial charge on any atom is 0.326 e. The number of carbonyl (C=O) groups is 2. The van der Waals surface area contributed by atoms with Gasteiger partial charge in [-0.15, -0.1) is 11.3 Å². The molecule has 1 aromatic rings. The van der Waals surface area contributed by atoms with E-state index in [9.17, 15) is 9.59 Å². The molecule has 0 aliphatic heterocycles. The van der Waals surface area contributed by atoms with E-state index in [1.807, 2.05) is 12.3 Å². The van der Waals surface area contributed by atoms with Gasteiger partial charge >= 0.3 is 12.0 Å². The first kappa shape index (κ1) is 14.4. The number of amides is 2. The molecule has 0 radical (unpaired) electrons. The zero-order chi connectivity index (χ0) is 13.5. The normalized spacial score (nSPS) is 11.9. The lowest BCUT2D eigenvalue weighted by Crippen LogP contribution is -2.46. The fourth-order valence-corrected chi connectivity index (χ4v) is 2.02. The molecule has 0 bridgehead atoms. The number of urea groups is 1. The van der Waals surface area contributed by atoms with Gasteiger partial charge in [0.2, 0.25) is 0 Å². The molecule has 0 aliphatic rings. The number of carboxylic acids is 1. The average Bonchev–Trinajstić information content (AvgIpc) is 2.71. The molecule has 0 saturated carbocycles. The Balaban J connectivity index is 2.26. The van der Waals surface area contributed by atoms with Crippen LogP contribution in [0.15, 0.2) is 5.38 Å². The van der Waals surface area contributed by atoms with Crippen LogP contribution < -0.4 is 10.6 Å². The Kier molecular flexibility index (Phi) is 5.57. The summed E-state index contributed by atoms with van der Waals surface area (Å²) in [5.74, 6) is -1.03. The van der Waals surface area contributed by atoms with Gasteiger partial charge < -0.3 is 15.7 Å². The lowest BCUT2D eigenvalue weighted by Gasteiger charge is -2.12. The molecule has 18 heavy (non-hydrogen) atoms. The van der Waals surface area contributed by atoms with Crippen LogP contribution in [0.25, 0.3) is 0 Å². The fourth-order valence-electron chi connectivity index (χ4n) is 1.37. The summed E-state index contributed by atoms with van der Waals surface area (Å²) in [7, 11) is 0. The average molecular weight is 271 g/mol. The van der Waals surface area contributed by atoms with Crippen molar-refractivity contribution in [1.82, 2.24) is 15.6 Å². The van der Waals surface area contributed by atoms with Crippen molar-refractivity contribution in [1.29, 1.82) is 0 Å². The number of aromatic nitrogens is 1. The Morgan fingerprint density at radius 3 is 2.78 bits per heavy atom. The van der Waals surface area contributed by atoms with Crippen LogP contribution in [0.4, 0.5) is 4.79 Å². The van der Waals surface area contributed by atoms with Gasteiger partial charge in [0.05, 0.1) is 10.7 Å². The lowest BCUT2D eigenvalue weighted by molar-refractivity contribution is -0.139. The third-order valence-corrected chi connectivity index (χ3v) is 3.17. The van der Waals surface area contributed by atoms with Crippen molar-refractivity contribution < 1.29 is 14.7 Å². The van der Waals surface area contributed by atoms with Gasteiger partial charge in [-0.3, -0.25) is 0 Å². The molecule has 3 N–H and O–H groups in total. The van der Waals surface area contributed by atoms with Gasteiger partial charge in [-0.1, -0.05) is 6.92 Å². The van der Waals surface area contributed by atoms with Crippen LogP contribution in [0.2, 0.25) is 0 Å². The minimum Gasteiger partial charge on any atom is -0.480 e. The topological polar surface area (TPSA) is 91.3 Å². The maximum absolute atomic E-state index is 11.4.